The molecule has 0 saturated carbocycles. The second-order valence-corrected chi connectivity index (χ2v) is 8.17. The van der Waals surface area contributed by atoms with Crippen LogP contribution < -0.4 is 0 Å². The molecule has 0 amide bonds. The molecule has 8 heteroatoms. The second-order valence-electron chi connectivity index (χ2n) is 6.42. The summed E-state index contributed by atoms with van der Waals surface area (Å²) >= 11 is 7.59. The first-order chi connectivity index (χ1) is 13.5. The van der Waals surface area contributed by atoms with E-state index in [9.17, 15) is 0 Å². The van der Waals surface area contributed by atoms with E-state index in [-0.39, 0.29) is 5.25 Å². The molecule has 142 valence electrons. The normalized spacial score (nSPS) is 12.3. The Bertz CT molecular complexity index is 1090. The lowest BCUT2D eigenvalue weighted by Crippen LogP contribution is -2.01. The minimum absolute atomic E-state index is 0.0673. The van der Waals surface area contributed by atoms with Crippen molar-refractivity contribution in [2.24, 2.45) is 0 Å². The largest absolute Gasteiger partial charge is 0.338 e. The molecule has 2 aromatic heterocycles. The molecule has 0 aliphatic rings. The molecular formula is C20H18ClN5OS. The molecule has 4 rings (SSSR count). The van der Waals surface area contributed by atoms with Crippen LogP contribution in [0.5, 0.6) is 0 Å². The number of halogens is 1. The van der Waals surface area contributed by atoms with Crippen molar-refractivity contribution in [3.63, 3.8) is 0 Å². The summed E-state index contributed by atoms with van der Waals surface area (Å²) in [5.41, 5.74) is 3.11. The number of nitrogens with zero attached hydrogens (tertiary/aromatic N) is 5. The topological polar surface area (TPSA) is 69.6 Å². The van der Waals surface area contributed by atoms with Gasteiger partial charge in [0, 0.05) is 16.3 Å². The number of hydrogen-bond donors (Lipinski definition) is 0. The molecule has 28 heavy (non-hydrogen) atoms. The van der Waals surface area contributed by atoms with Gasteiger partial charge in [0.1, 0.15) is 0 Å². The highest BCUT2D eigenvalue weighted by molar-refractivity contribution is 7.99. The number of aryl methyl sites for hydroxylation is 2. The van der Waals surface area contributed by atoms with E-state index < -0.39 is 0 Å². The van der Waals surface area contributed by atoms with Gasteiger partial charge in [0.15, 0.2) is 16.8 Å². The quantitative estimate of drug-likeness (QED) is 0.407. The van der Waals surface area contributed by atoms with Crippen LogP contribution in [0.2, 0.25) is 5.02 Å². The van der Waals surface area contributed by atoms with Crippen molar-refractivity contribution in [2.75, 3.05) is 0 Å². The third-order valence-electron chi connectivity index (χ3n) is 4.20. The zero-order valence-electron chi connectivity index (χ0n) is 15.6. The summed E-state index contributed by atoms with van der Waals surface area (Å²) < 4.78 is 7.33. The molecule has 0 N–H and O–H groups in total. The van der Waals surface area contributed by atoms with Gasteiger partial charge < -0.3 is 4.52 Å². The summed E-state index contributed by atoms with van der Waals surface area (Å²) in [6, 6.07) is 15.8. The molecule has 0 spiro atoms. The van der Waals surface area contributed by atoms with Crippen LogP contribution in [-0.4, -0.2) is 24.9 Å². The van der Waals surface area contributed by atoms with E-state index in [2.05, 4.69) is 39.4 Å². The molecule has 0 aliphatic carbocycles. The monoisotopic (exact) mass is 411 g/mol. The molecule has 0 fully saturated rings. The van der Waals surface area contributed by atoms with Gasteiger partial charge in [-0.3, -0.25) is 4.57 Å². The predicted molar refractivity (Wildman–Crippen MR) is 110 cm³/mol. The lowest BCUT2D eigenvalue weighted by molar-refractivity contribution is 0.376. The van der Waals surface area contributed by atoms with Crippen LogP contribution >= 0.6 is 23.4 Å². The Morgan fingerprint density at radius 2 is 1.71 bits per heavy atom. The van der Waals surface area contributed by atoms with Crippen LogP contribution in [0.1, 0.15) is 29.5 Å². The Hall–Kier alpha value is -2.64. The van der Waals surface area contributed by atoms with Crippen LogP contribution in [0, 0.1) is 13.8 Å². The van der Waals surface area contributed by atoms with E-state index in [0.717, 1.165) is 22.2 Å². The molecule has 0 bridgehead atoms. The van der Waals surface area contributed by atoms with Gasteiger partial charge in [-0.25, -0.2) is 0 Å². The van der Waals surface area contributed by atoms with Crippen LogP contribution in [0.25, 0.3) is 17.1 Å². The van der Waals surface area contributed by atoms with E-state index in [1.54, 1.807) is 6.92 Å². The van der Waals surface area contributed by atoms with Gasteiger partial charge in [0.25, 0.3) is 0 Å². The Kier molecular flexibility index (Phi) is 5.19. The van der Waals surface area contributed by atoms with Gasteiger partial charge in [-0.2, -0.15) is 4.98 Å². The van der Waals surface area contributed by atoms with E-state index in [1.165, 1.54) is 17.3 Å². The second kappa shape index (κ2) is 7.77. The Morgan fingerprint density at radius 3 is 2.36 bits per heavy atom. The molecule has 2 aromatic carbocycles. The highest BCUT2D eigenvalue weighted by atomic mass is 35.5. The zero-order chi connectivity index (χ0) is 19.7. The van der Waals surface area contributed by atoms with E-state index >= 15 is 0 Å². The fourth-order valence-corrected chi connectivity index (χ4v) is 3.77. The first-order valence-corrected chi connectivity index (χ1v) is 10.0. The third-order valence-corrected chi connectivity index (χ3v) is 5.48. The van der Waals surface area contributed by atoms with Crippen LogP contribution in [0.4, 0.5) is 0 Å². The smallest absolute Gasteiger partial charge is 0.239 e. The third kappa shape index (κ3) is 3.81. The first kappa shape index (κ1) is 18.7. The van der Waals surface area contributed by atoms with E-state index in [1.807, 2.05) is 47.9 Å². The minimum atomic E-state index is -0.0673. The standard InChI is InChI=1S/C20H18ClN5OS/c1-12-4-6-15(7-5-12)18-23-24-20(26(18)17-10-8-16(21)9-11-17)28-13(2)19-22-14(3)25-27-19/h4-11,13H,1-3H3. The van der Waals surface area contributed by atoms with Crippen molar-refractivity contribution in [1.29, 1.82) is 0 Å². The summed E-state index contributed by atoms with van der Waals surface area (Å²) in [4.78, 5) is 4.32. The Labute approximate surface area is 172 Å². The van der Waals surface area contributed by atoms with Crippen molar-refractivity contribution in [1.82, 2.24) is 24.9 Å². The van der Waals surface area contributed by atoms with Crippen molar-refractivity contribution in [3.05, 3.63) is 70.8 Å². The van der Waals surface area contributed by atoms with Gasteiger partial charge in [-0.1, -0.05) is 58.3 Å². The number of benzene rings is 2. The van der Waals surface area contributed by atoms with Crippen LogP contribution in [0.3, 0.4) is 0 Å². The van der Waals surface area contributed by atoms with Crippen LogP contribution in [0.15, 0.2) is 58.2 Å². The molecule has 0 aliphatic heterocycles. The number of hydrogen-bond acceptors (Lipinski definition) is 6. The summed E-state index contributed by atoms with van der Waals surface area (Å²) in [5, 5.41) is 14.1. The van der Waals surface area contributed by atoms with Crippen molar-refractivity contribution in [2.45, 2.75) is 31.2 Å². The summed E-state index contributed by atoms with van der Waals surface area (Å²) in [5.74, 6) is 1.94. The SMILES string of the molecule is Cc1ccc(-c2nnc(SC(C)c3nc(C)no3)n2-c2ccc(Cl)cc2)cc1. The maximum Gasteiger partial charge on any atom is 0.239 e. The maximum atomic E-state index is 6.08. The molecule has 1 unspecified atom stereocenters. The van der Waals surface area contributed by atoms with Gasteiger partial charge in [0.05, 0.1) is 5.25 Å². The number of aromatic nitrogens is 5. The van der Waals surface area contributed by atoms with Crippen LogP contribution in [-0.2, 0) is 0 Å². The molecule has 1 atom stereocenters. The van der Waals surface area contributed by atoms with E-state index in [0.29, 0.717) is 16.7 Å². The Balaban J connectivity index is 1.77. The van der Waals surface area contributed by atoms with Crippen molar-refractivity contribution < 1.29 is 4.52 Å². The fourth-order valence-electron chi connectivity index (χ4n) is 2.75. The zero-order valence-corrected chi connectivity index (χ0v) is 17.2. The summed E-state index contributed by atoms with van der Waals surface area (Å²) in [7, 11) is 0. The molecule has 4 aromatic rings. The number of rotatable bonds is 5. The lowest BCUT2D eigenvalue weighted by Gasteiger charge is -2.12. The molecule has 0 saturated heterocycles. The van der Waals surface area contributed by atoms with Gasteiger partial charge >= 0.3 is 0 Å². The summed E-state index contributed by atoms with van der Waals surface area (Å²) in [6.07, 6.45) is 0. The average molecular weight is 412 g/mol. The molecule has 2 heterocycles. The predicted octanol–water partition coefficient (Wildman–Crippen LogP) is 5.44. The highest BCUT2D eigenvalue weighted by Crippen LogP contribution is 2.36. The Morgan fingerprint density at radius 1 is 1.00 bits per heavy atom. The van der Waals surface area contributed by atoms with Gasteiger partial charge in [-0.15, -0.1) is 10.2 Å². The fraction of sp³-hybridized carbons (Fsp3) is 0.200. The molecule has 0 radical (unpaired) electrons. The van der Waals surface area contributed by atoms with E-state index in [4.69, 9.17) is 16.1 Å². The minimum Gasteiger partial charge on any atom is -0.338 e. The van der Waals surface area contributed by atoms with Gasteiger partial charge in [-0.05, 0) is 45.0 Å². The molecule has 6 nitrogen and oxygen atoms in total. The summed E-state index contributed by atoms with van der Waals surface area (Å²) in [6.45, 7) is 5.86. The first-order valence-electron chi connectivity index (χ1n) is 8.76. The average Bonchev–Trinajstić information content (AvgIpc) is 3.30. The maximum absolute atomic E-state index is 6.08. The van der Waals surface area contributed by atoms with Gasteiger partial charge in [0.2, 0.25) is 5.89 Å². The lowest BCUT2D eigenvalue weighted by atomic mass is 10.1. The molecular weight excluding hydrogens is 394 g/mol. The highest BCUT2D eigenvalue weighted by Gasteiger charge is 2.21. The van der Waals surface area contributed by atoms with Crippen molar-refractivity contribution in [3.8, 4) is 17.1 Å². The number of thioether (sulfide) groups is 1. The van der Waals surface area contributed by atoms with Crippen molar-refractivity contribution >= 4 is 23.4 Å².